The highest BCUT2D eigenvalue weighted by Crippen LogP contribution is 2.50. The first-order chi connectivity index (χ1) is 12.5. The topological polar surface area (TPSA) is 89.2 Å². The second kappa shape index (κ2) is 11.3. The van der Waals surface area contributed by atoms with Gasteiger partial charge in [0.05, 0.1) is 18.8 Å². The summed E-state index contributed by atoms with van der Waals surface area (Å²) in [7, 11) is 0. The Balaban J connectivity index is 0.00000364. The fraction of sp³-hybridized carbons (Fsp3) is 0.895. The molecule has 0 spiro atoms. The van der Waals surface area contributed by atoms with Crippen molar-refractivity contribution in [2.75, 3.05) is 26.3 Å². The minimum atomic E-state index is -0.223. The maximum atomic E-state index is 11.8. The molecule has 1 heterocycles. The van der Waals surface area contributed by atoms with Crippen LogP contribution in [0.5, 0.6) is 0 Å². The van der Waals surface area contributed by atoms with Crippen LogP contribution in [-0.2, 0) is 9.47 Å². The molecule has 27 heavy (non-hydrogen) atoms. The molecular formula is C19H37IN4O3. The van der Waals surface area contributed by atoms with Crippen LogP contribution < -0.4 is 11.1 Å². The highest BCUT2D eigenvalue weighted by molar-refractivity contribution is 14.0. The van der Waals surface area contributed by atoms with Gasteiger partial charge in [0.25, 0.3) is 0 Å². The van der Waals surface area contributed by atoms with Gasteiger partial charge in [-0.1, -0.05) is 13.8 Å². The molecule has 2 atom stereocenters. The van der Waals surface area contributed by atoms with Gasteiger partial charge in [-0.3, -0.25) is 0 Å². The lowest BCUT2D eigenvalue weighted by atomic mass is 9.59. The normalized spacial score (nSPS) is 25.3. The zero-order chi connectivity index (χ0) is 19.2. The van der Waals surface area contributed by atoms with Crippen molar-refractivity contribution in [2.45, 2.75) is 78.0 Å². The van der Waals surface area contributed by atoms with Crippen LogP contribution in [0.3, 0.4) is 0 Å². The number of nitrogens with two attached hydrogens (primary N) is 1. The number of halogens is 1. The van der Waals surface area contributed by atoms with E-state index >= 15 is 0 Å². The largest absolute Gasteiger partial charge is 0.450 e. The molecule has 0 aromatic carbocycles. The second-order valence-electron chi connectivity index (χ2n) is 7.25. The predicted molar refractivity (Wildman–Crippen MR) is 119 cm³/mol. The first kappa shape index (κ1) is 24.3. The van der Waals surface area contributed by atoms with E-state index in [1.54, 1.807) is 4.90 Å². The van der Waals surface area contributed by atoms with E-state index in [-0.39, 0.29) is 53.7 Å². The molecule has 0 aromatic rings. The molecule has 7 nitrogen and oxygen atoms in total. The Hall–Kier alpha value is -0.770. The van der Waals surface area contributed by atoms with Crippen LogP contribution >= 0.6 is 24.0 Å². The Morgan fingerprint density at radius 3 is 2.33 bits per heavy atom. The number of likely N-dealkylation sites (tertiary alicyclic amines) is 1. The van der Waals surface area contributed by atoms with Crippen LogP contribution in [0, 0.1) is 5.41 Å². The zero-order valence-electron chi connectivity index (χ0n) is 17.2. The quantitative estimate of drug-likeness (QED) is 0.321. The van der Waals surface area contributed by atoms with Gasteiger partial charge in [0.15, 0.2) is 5.96 Å². The summed E-state index contributed by atoms with van der Waals surface area (Å²) in [5.74, 6) is 0.519. The van der Waals surface area contributed by atoms with Gasteiger partial charge in [0.1, 0.15) is 0 Å². The molecule has 1 saturated heterocycles. The fourth-order valence-corrected chi connectivity index (χ4v) is 4.35. The monoisotopic (exact) mass is 496 g/mol. The van der Waals surface area contributed by atoms with Crippen molar-refractivity contribution in [2.24, 2.45) is 16.1 Å². The highest BCUT2D eigenvalue weighted by Gasteiger charge is 2.53. The maximum absolute atomic E-state index is 11.8. The third kappa shape index (κ3) is 5.62. The SMILES string of the molecule is CCOC(=O)N1CCC(NC(N)=NC2CC(OCC)C2(CC)CC)CC1.I. The Kier molecular flexibility index (Phi) is 10.1. The van der Waals surface area contributed by atoms with Crippen molar-refractivity contribution in [1.29, 1.82) is 0 Å². The van der Waals surface area contributed by atoms with E-state index in [1.165, 1.54) is 0 Å². The van der Waals surface area contributed by atoms with Crippen LogP contribution in [0.4, 0.5) is 4.79 Å². The number of amides is 1. The van der Waals surface area contributed by atoms with Crippen LogP contribution in [0.25, 0.3) is 0 Å². The van der Waals surface area contributed by atoms with E-state index in [9.17, 15) is 4.79 Å². The summed E-state index contributed by atoms with van der Waals surface area (Å²) >= 11 is 0. The lowest BCUT2D eigenvalue weighted by molar-refractivity contribution is -0.127. The van der Waals surface area contributed by atoms with Gasteiger partial charge in [-0.15, -0.1) is 24.0 Å². The number of ether oxygens (including phenoxy) is 2. The summed E-state index contributed by atoms with van der Waals surface area (Å²) < 4.78 is 11.0. The molecule has 2 unspecified atom stereocenters. The number of carbonyl (C=O) groups excluding carboxylic acids is 1. The Bertz CT molecular complexity index is 491. The number of hydrogen-bond donors (Lipinski definition) is 2. The number of guanidine groups is 1. The molecule has 8 heteroatoms. The molecule has 3 N–H and O–H groups in total. The third-order valence-electron chi connectivity index (χ3n) is 6.09. The van der Waals surface area contributed by atoms with Gasteiger partial charge in [0.2, 0.25) is 0 Å². The van der Waals surface area contributed by atoms with E-state index in [2.05, 4.69) is 19.2 Å². The number of hydrogen-bond acceptors (Lipinski definition) is 4. The summed E-state index contributed by atoms with van der Waals surface area (Å²) in [6.07, 6.45) is 4.82. The van der Waals surface area contributed by atoms with Crippen molar-refractivity contribution in [3.05, 3.63) is 0 Å². The third-order valence-corrected chi connectivity index (χ3v) is 6.09. The second-order valence-corrected chi connectivity index (χ2v) is 7.25. The molecular weight excluding hydrogens is 459 g/mol. The molecule has 2 aliphatic rings. The van der Waals surface area contributed by atoms with Crippen molar-refractivity contribution < 1.29 is 14.3 Å². The van der Waals surface area contributed by atoms with E-state index < -0.39 is 0 Å². The molecule has 1 aliphatic carbocycles. The first-order valence-corrected chi connectivity index (χ1v) is 10.1. The van der Waals surface area contributed by atoms with Gasteiger partial charge in [-0.05, 0) is 46.0 Å². The van der Waals surface area contributed by atoms with E-state index in [0.717, 1.165) is 38.7 Å². The van der Waals surface area contributed by atoms with Crippen molar-refractivity contribution in [3.8, 4) is 0 Å². The standard InChI is InChI=1S/C19H36N4O3.HI/c1-5-19(6-2)15(13-16(19)25-7-3)22-17(20)21-14-9-11-23(12-10-14)18(24)26-8-4;/h14-16H,5-13H2,1-4H3,(H3,20,21,22);1H. The predicted octanol–water partition coefficient (Wildman–Crippen LogP) is 3.11. The lowest BCUT2D eigenvalue weighted by Crippen LogP contribution is -2.58. The summed E-state index contributed by atoms with van der Waals surface area (Å²) in [4.78, 5) is 18.3. The number of aliphatic imine (C=N–C) groups is 1. The number of rotatable bonds is 7. The van der Waals surface area contributed by atoms with Crippen molar-refractivity contribution >= 4 is 36.0 Å². The number of nitrogens with zero attached hydrogens (tertiary/aromatic N) is 2. The van der Waals surface area contributed by atoms with Gasteiger partial charge < -0.3 is 25.4 Å². The highest BCUT2D eigenvalue weighted by atomic mass is 127. The molecule has 0 radical (unpaired) electrons. The molecule has 1 aliphatic heterocycles. The Labute approximate surface area is 180 Å². The molecule has 0 aromatic heterocycles. The zero-order valence-corrected chi connectivity index (χ0v) is 19.5. The molecule has 2 fully saturated rings. The summed E-state index contributed by atoms with van der Waals surface area (Å²) in [6.45, 7) is 10.8. The minimum Gasteiger partial charge on any atom is -0.450 e. The van der Waals surface area contributed by atoms with Crippen LogP contribution in [0.2, 0.25) is 0 Å². The average Bonchev–Trinajstić information content (AvgIpc) is 2.63. The van der Waals surface area contributed by atoms with Gasteiger partial charge in [-0.25, -0.2) is 9.79 Å². The minimum absolute atomic E-state index is 0. The average molecular weight is 496 g/mol. The van der Waals surface area contributed by atoms with E-state index in [0.29, 0.717) is 25.7 Å². The molecule has 2 rings (SSSR count). The fourth-order valence-electron chi connectivity index (χ4n) is 4.35. The van der Waals surface area contributed by atoms with Gasteiger partial charge >= 0.3 is 6.09 Å². The number of carbonyl (C=O) groups is 1. The molecule has 0 bridgehead atoms. The van der Waals surface area contributed by atoms with Gasteiger partial charge in [0, 0.05) is 31.2 Å². The Morgan fingerprint density at radius 1 is 1.19 bits per heavy atom. The van der Waals surface area contributed by atoms with Crippen LogP contribution in [-0.4, -0.2) is 61.4 Å². The molecule has 1 amide bonds. The van der Waals surface area contributed by atoms with Crippen LogP contribution in [0.15, 0.2) is 4.99 Å². The maximum Gasteiger partial charge on any atom is 0.409 e. The number of piperidine rings is 1. The van der Waals surface area contributed by atoms with E-state index in [4.69, 9.17) is 20.2 Å². The smallest absolute Gasteiger partial charge is 0.409 e. The molecule has 1 saturated carbocycles. The summed E-state index contributed by atoms with van der Waals surface area (Å²) in [6, 6.07) is 0.478. The molecule has 158 valence electrons. The van der Waals surface area contributed by atoms with Crippen LogP contribution in [0.1, 0.15) is 59.8 Å². The summed E-state index contributed by atoms with van der Waals surface area (Å²) in [5.41, 5.74) is 6.31. The van der Waals surface area contributed by atoms with Crippen molar-refractivity contribution in [1.82, 2.24) is 10.2 Å². The van der Waals surface area contributed by atoms with Gasteiger partial charge in [-0.2, -0.15) is 0 Å². The Morgan fingerprint density at radius 2 is 1.81 bits per heavy atom. The summed E-state index contributed by atoms with van der Waals surface area (Å²) in [5, 5.41) is 3.35. The lowest BCUT2D eigenvalue weighted by Gasteiger charge is -2.53. The van der Waals surface area contributed by atoms with E-state index in [1.807, 2.05) is 13.8 Å². The first-order valence-electron chi connectivity index (χ1n) is 10.1. The number of nitrogens with one attached hydrogen (secondary N) is 1. The van der Waals surface area contributed by atoms with Crippen molar-refractivity contribution in [3.63, 3.8) is 0 Å².